The van der Waals surface area contributed by atoms with Crippen LogP contribution in [0.1, 0.15) is 24.1 Å². The summed E-state index contributed by atoms with van der Waals surface area (Å²) in [4.78, 5) is 17.6. The summed E-state index contributed by atoms with van der Waals surface area (Å²) in [5.74, 6) is 0.451. The zero-order valence-corrected chi connectivity index (χ0v) is 13.4. The highest BCUT2D eigenvalue weighted by atomic mass is 35.5. The van der Waals surface area contributed by atoms with Gasteiger partial charge in [-0.05, 0) is 24.1 Å². The van der Waals surface area contributed by atoms with Gasteiger partial charge in [-0.1, -0.05) is 23.2 Å². The summed E-state index contributed by atoms with van der Waals surface area (Å²) >= 11 is 12.4. The number of halogens is 2. The van der Waals surface area contributed by atoms with Gasteiger partial charge in [0.25, 0.3) is 0 Å². The number of nitrogens with one attached hydrogen (secondary N) is 1. The first-order chi connectivity index (χ1) is 10.5. The Bertz CT molecular complexity index is 782. The van der Waals surface area contributed by atoms with Crippen molar-refractivity contribution < 1.29 is 14.7 Å². The van der Waals surface area contributed by atoms with Crippen LogP contribution >= 0.6 is 23.2 Å². The van der Waals surface area contributed by atoms with Gasteiger partial charge in [-0.15, -0.1) is 0 Å². The first-order valence-electron chi connectivity index (χ1n) is 6.53. The first-order valence-corrected chi connectivity index (χ1v) is 7.29. The van der Waals surface area contributed by atoms with Crippen LogP contribution in [0.4, 0.5) is 4.79 Å². The molecule has 1 aliphatic rings. The molecule has 0 aliphatic carbocycles. The van der Waals surface area contributed by atoms with Gasteiger partial charge in [-0.2, -0.15) is 0 Å². The Morgan fingerprint density at radius 1 is 1.50 bits per heavy atom. The van der Waals surface area contributed by atoms with E-state index in [1.165, 1.54) is 12.0 Å². The van der Waals surface area contributed by atoms with Crippen LogP contribution in [0, 0.1) is 0 Å². The molecule has 1 aromatic heterocycles. The number of carbonyl (C=O) groups excluding carboxylic acids is 1. The summed E-state index contributed by atoms with van der Waals surface area (Å²) < 4.78 is 5.25. The van der Waals surface area contributed by atoms with Crippen LogP contribution in [0.25, 0.3) is 10.9 Å². The van der Waals surface area contributed by atoms with E-state index in [2.05, 4.69) is 4.98 Å². The topological polar surface area (TPSA) is 74.7 Å². The van der Waals surface area contributed by atoms with E-state index in [1.54, 1.807) is 17.7 Å². The van der Waals surface area contributed by atoms with E-state index in [-0.39, 0.29) is 6.04 Å². The second-order valence-corrected chi connectivity index (χ2v) is 5.78. The fourth-order valence-electron chi connectivity index (χ4n) is 2.87. The van der Waals surface area contributed by atoms with E-state index in [1.807, 2.05) is 6.92 Å². The van der Waals surface area contributed by atoms with Crippen LogP contribution < -0.4 is 10.2 Å². The monoisotopic (exact) mass is 341 g/mol. The molecule has 1 atom stereocenters. The Labute approximate surface area is 136 Å². The minimum absolute atomic E-state index is 0.241. The van der Waals surface area contributed by atoms with Crippen LogP contribution in [-0.2, 0) is 6.54 Å². The number of hydroxylamine groups is 1. The van der Waals surface area contributed by atoms with Crippen LogP contribution in [0.3, 0.4) is 0 Å². The van der Waals surface area contributed by atoms with Gasteiger partial charge in [0.2, 0.25) is 0 Å². The van der Waals surface area contributed by atoms with E-state index < -0.39 is 6.03 Å². The number of pyridine rings is 1. The largest absolute Gasteiger partial charge is 0.495 e. The summed E-state index contributed by atoms with van der Waals surface area (Å²) in [6.45, 7) is 2.23. The molecule has 2 aromatic rings. The van der Waals surface area contributed by atoms with Gasteiger partial charge in [0.1, 0.15) is 10.8 Å². The van der Waals surface area contributed by atoms with Crippen LogP contribution in [0.15, 0.2) is 12.3 Å². The summed E-state index contributed by atoms with van der Waals surface area (Å²) in [5.41, 5.74) is 4.03. The standard InChI is InChI=1S/C14H13Cl2N3O3/c1-6-10-7(5-19(6)14(20)18-21)4-17-13-8(10)3-9(22-2)11(15)12(13)16/h3-4,6,21H,5H2,1-2H3,(H,18,20)/t6-/m0/s1. The zero-order chi connectivity index (χ0) is 16.0. The van der Waals surface area contributed by atoms with Crippen molar-refractivity contribution >= 4 is 40.1 Å². The molecule has 0 spiro atoms. The van der Waals surface area contributed by atoms with E-state index in [0.717, 1.165) is 16.5 Å². The molecule has 116 valence electrons. The molecule has 0 radical (unpaired) electrons. The Morgan fingerprint density at radius 2 is 2.23 bits per heavy atom. The summed E-state index contributed by atoms with van der Waals surface area (Å²) in [7, 11) is 1.51. The molecule has 0 unspecified atom stereocenters. The summed E-state index contributed by atoms with van der Waals surface area (Å²) in [6, 6.07) is 0.963. The quantitative estimate of drug-likeness (QED) is 0.614. The Balaban J connectivity index is 2.25. The number of rotatable bonds is 1. The predicted octanol–water partition coefficient (Wildman–Crippen LogP) is 3.53. The van der Waals surface area contributed by atoms with Gasteiger partial charge in [-0.25, -0.2) is 10.3 Å². The maximum atomic E-state index is 11.7. The zero-order valence-electron chi connectivity index (χ0n) is 11.9. The third kappa shape index (κ3) is 2.06. The highest BCUT2D eigenvalue weighted by Gasteiger charge is 2.33. The van der Waals surface area contributed by atoms with Crippen molar-refractivity contribution in [1.29, 1.82) is 0 Å². The maximum absolute atomic E-state index is 11.7. The molecule has 0 bridgehead atoms. The van der Waals surface area contributed by atoms with Crippen molar-refractivity contribution in [3.63, 3.8) is 0 Å². The van der Waals surface area contributed by atoms with Crippen molar-refractivity contribution in [3.05, 3.63) is 33.4 Å². The summed E-state index contributed by atoms with van der Waals surface area (Å²) in [6.07, 6.45) is 1.67. The van der Waals surface area contributed by atoms with Crippen molar-refractivity contribution in [2.24, 2.45) is 0 Å². The van der Waals surface area contributed by atoms with Crippen LogP contribution in [0.5, 0.6) is 5.75 Å². The predicted molar refractivity (Wildman–Crippen MR) is 82.6 cm³/mol. The van der Waals surface area contributed by atoms with Crippen molar-refractivity contribution in [2.45, 2.75) is 19.5 Å². The molecule has 0 fully saturated rings. The van der Waals surface area contributed by atoms with Gasteiger partial charge in [0, 0.05) is 18.1 Å². The molecule has 1 aromatic carbocycles. The number of hydrogen-bond acceptors (Lipinski definition) is 4. The number of hydrogen-bond donors (Lipinski definition) is 2. The lowest BCUT2D eigenvalue weighted by molar-refractivity contribution is 0.120. The molecule has 2 heterocycles. The van der Waals surface area contributed by atoms with Gasteiger partial charge < -0.3 is 9.64 Å². The van der Waals surface area contributed by atoms with Gasteiger partial charge in [0.15, 0.2) is 0 Å². The molecule has 2 N–H and O–H groups in total. The molecule has 22 heavy (non-hydrogen) atoms. The Hall–Kier alpha value is -1.76. The lowest BCUT2D eigenvalue weighted by atomic mass is 10.0. The molecule has 1 aliphatic heterocycles. The number of fused-ring (bicyclic) bond motifs is 3. The first kappa shape index (κ1) is 15.1. The number of nitrogens with zero attached hydrogens (tertiary/aromatic N) is 2. The molecule has 6 nitrogen and oxygen atoms in total. The smallest absolute Gasteiger partial charge is 0.341 e. The lowest BCUT2D eigenvalue weighted by Crippen LogP contribution is -2.36. The molecule has 3 rings (SSSR count). The van der Waals surface area contributed by atoms with E-state index in [0.29, 0.717) is 27.9 Å². The number of aromatic nitrogens is 1. The van der Waals surface area contributed by atoms with E-state index >= 15 is 0 Å². The van der Waals surface area contributed by atoms with Crippen molar-refractivity contribution in [1.82, 2.24) is 15.4 Å². The molecule has 2 amide bonds. The molecular formula is C14H13Cl2N3O3. The third-order valence-corrected chi connectivity index (χ3v) is 4.78. The number of carbonyl (C=O) groups is 1. The minimum atomic E-state index is -0.566. The molecular weight excluding hydrogens is 329 g/mol. The second-order valence-electron chi connectivity index (χ2n) is 5.02. The second kappa shape index (κ2) is 5.46. The number of amides is 2. The SMILES string of the molecule is COc1cc2c3c(cnc2c(Cl)c1Cl)CN(C(=O)NO)[C@H]3C. The highest BCUT2D eigenvalue weighted by Crippen LogP contribution is 2.43. The third-order valence-electron chi connectivity index (χ3n) is 3.94. The average molecular weight is 342 g/mol. The van der Waals surface area contributed by atoms with Gasteiger partial charge in [-0.3, -0.25) is 10.2 Å². The molecule has 0 saturated heterocycles. The fraction of sp³-hybridized carbons (Fsp3) is 0.286. The average Bonchev–Trinajstić information content (AvgIpc) is 2.87. The van der Waals surface area contributed by atoms with Crippen LogP contribution in [-0.4, -0.2) is 28.2 Å². The van der Waals surface area contributed by atoms with Crippen molar-refractivity contribution in [2.75, 3.05) is 7.11 Å². The summed E-state index contributed by atoms with van der Waals surface area (Å²) in [5, 5.41) is 10.3. The lowest BCUT2D eigenvalue weighted by Gasteiger charge is -2.21. The number of urea groups is 1. The van der Waals surface area contributed by atoms with Gasteiger partial charge >= 0.3 is 6.03 Å². The van der Waals surface area contributed by atoms with Crippen molar-refractivity contribution in [3.8, 4) is 5.75 Å². The van der Waals surface area contributed by atoms with Gasteiger partial charge in [0.05, 0.1) is 23.7 Å². The Kier molecular flexibility index (Phi) is 3.76. The molecule has 8 heteroatoms. The van der Waals surface area contributed by atoms with Crippen LogP contribution in [0.2, 0.25) is 10.0 Å². The fourth-order valence-corrected chi connectivity index (χ4v) is 3.33. The normalized spacial score (nSPS) is 16.8. The van der Waals surface area contributed by atoms with E-state index in [4.69, 9.17) is 33.1 Å². The number of ether oxygens (including phenoxy) is 1. The molecule has 0 saturated carbocycles. The Morgan fingerprint density at radius 3 is 2.86 bits per heavy atom. The number of methoxy groups -OCH3 is 1. The van der Waals surface area contributed by atoms with E-state index in [9.17, 15) is 4.79 Å². The maximum Gasteiger partial charge on any atom is 0.341 e. The minimum Gasteiger partial charge on any atom is -0.495 e. The highest BCUT2D eigenvalue weighted by molar-refractivity contribution is 6.46. The number of benzene rings is 1.